The molecule has 6 heteroatoms. The van der Waals surface area contributed by atoms with Crippen LogP contribution in [0.15, 0.2) is 30.3 Å². The maximum Gasteiger partial charge on any atom is 0.234 e. The van der Waals surface area contributed by atoms with Gasteiger partial charge in [0.25, 0.3) is 0 Å². The Morgan fingerprint density at radius 1 is 1.04 bits per heavy atom. The molecule has 1 N–H and O–H groups in total. The van der Waals surface area contributed by atoms with Crippen LogP contribution in [-0.2, 0) is 11.3 Å². The van der Waals surface area contributed by atoms with Crippen molar-refractivity contribution in [2.24, 2.45) is 0 Å². The van der Waals surface area contributed by atoms with E-state index in [0.717, 1.165) is 22.4 Å². The minimum absolute atomic E-state index is 0.158. The number of benzene rings is 2. The molecule has 2 rings (SSSR count). The van der Waals surface area contributed by atoms with E-state index in [2.05, 4.69) is 18.3 Å². The Kier molecular flexibility index (Phi) is 7.70. The normalized spacial score (nSPS) is 10.1. The zero-order valence-electron chi connectivity index (χ0n) is 16.8. The van der Waals surface area contributed by atoms with Gasteiger partial charge in [-0.15, -0.1) is 0 Å². The van der Waals surface area contributed by atoms with Crippen molar-refractivity contribution in [1.82, 2.24) is 5.32 Å². The van der Waals surface area contributed by atoms with Gasteiger partial charge >= 0.3 is 0 Å². The third-order valence-electron chi connectivity index (χ3n) is 4.42. The van der Waals surface area contributed by atoms with Crippen molar-refractivity contribution in [1.29, 1.82) is 5.26 Å². The van der Waals surface area contributed by atoms with Crippen molar-refractivity contribution in [2.75, 3.05) is 20.3 Å². The van der Waals surface area contributed by atoms with Gasteiger partial charge in [-0.05, 0) is 55.2 Å². The minimum atomic E-state index is -0.307. The van der Waals surface area contributed by atoms with Gasteiger partial charge in [-0.25, -0.2) is 0 Å². The molecule has 1 amide bonds. The molecule has 0 saturated carbocycles. The first-order chi connectivity index (χ1) is 13.5. The molecule has 0 aliphatic heterocycles. The molecule has 0 aliphatic rings. The average Bonchev–Trinajstić information content (AvgIpc) is 2.69. The maximum atomic E-state index is 11.4. The van der Waals surface area contributed by atoms with E-state index in [9.17, 15) is 4.79 Å². The second kappa shape index (κ2) is 10.2. The van der Waals surface area contributed by atoms with E-state index in [1.54, 1.807) is 13.2 Å². The van der Waals surface area contributed by atoms with Gasteiger partial charge in [0.05, 0.1) is 13.2 Å². The van der Waals surface area contributed by atoms with Crippen LogP contribution >= 0.6 is 0 Å². The number of carbonyl (C=O) groups is 1. The fraction of sp³-hybridized carbons (Fsp3) is 0.364. The van der Waals surface area contributed by atoms with Gasteiger partial charge in [-0.3, -0.25) is 4.79 Å². The summed E-state index contributed by atoms with van der Waals surface area (Å²) in [7, 11) is 1.58. The van der Waals surface area contributed by atoms with Crippen LogP contribution in [0.2, 0.25) is 0 Å². The highest BCUT2D eigenvalue weighted by atomic mass is 16.5. The highest BCUT2D eigenvalue weighted by Crippen LogP contribution is 2.29. The fourth-order valence-corrected chi connectivity index (χ4v) is 2.72. The second-order valence-electron chi connectivity index (χ2n) is 6.45. The fourth-order valence-electron chi connectivity index (χ4n) is 2.72. The topological polar surface area (TPSA) is 80.6 Å². The summed E-state index contributed by atoms with van der Waals surface area (Å²) in [6.07, 6.45) is -0.158. The molecule has 0 spiro atoms. The highest BCUT2D eigenvalue weighted by molar-refractivity contribution is 5.77. The number of rotatable bonds is 9. The van der Waals surface area contributed by atoms with Gasteiger partial charge < -0.3 is 19.5 Å². The molecule has 0 bridgehead atoms. The Morgan fingerprint density at radius 2 is 1.75 bits per heavy atom. The van der Waals surface area contributed by atoms with Gasteiger partial charge in [-0.2, -0.15) is 5.26 Å². The molecule has 2 aromatic carbocycles. The van der Waals surface area contributed by atoms with Crippen molar-refractivity contribution in [3.8, 4) is 23.3 Å². The Bertz CT molecular complexity index is 872. The van der Waals surface area contributed by atoms with Crippen molar-refractivity contribution >= 4 is 5.91 Å². The molecule has 2 aromatic rings. The summed E-state index contributed by atoms with van der Waals surface area (Å²) in [5.74, 6) is 1.77. The molecular formula is C22H26N2O4. The molecule has 0 fully saturated rings. The maximum absolute atomic E-state index is 11.4. The zero-order chi connectivity index (χ0) is 20.5. The summed E-state index contributed by atoms with van der Waals surface area (Å²) in [5, 5.41) is 11.2. The van der Waals surface area contributed by atoms with E-state index < -0.39 is 0 Å². The van der Waals surface area contributed by atoms with Crippen LogP contribution in [0.25, 0.3) is 0 Å². The predicted octanol–water partition coefficient (Wildman–Crippen LogP) is 3.61. The lowest BCUT2D eigenvalue weighted by molar-refractivity contribution is -0.120. The summed E-state index contributed by atoms with van der Waals surface area (Å²) in [4.78, 5) is 11.4. The molecule has 0 radical (unpaired) electrons. The lowest BCUT2D eigenvalue weighted by Crippen LogP contribution is -2.21. The first-order valence-corrected chi connectivity index (χ1v) is 9.09. The Balaban J connectivity index is 1.95. The third-order valence-corrected chi connectivity index (χ3v) is 4.42. The lowest BCUT2D eigenvalue weighted by Gasteiger charge is -2.16. The first-order valence-electron chi connectivity index (χ1n) is 9.09. The third kappa shape index (κ3) is 5.65. The number of carbonyl (C=O) groups excluding carboxylic acids is 1. The second-order valence-corrected chi connectivity index (χ2v) is 6.45. The van der Waals surface area contributed by atoms with Crippen LogP contribution < -0.4 is 19.5 Å². The highest BCUT2D eigenvalue weighted by Gasteiger charge is 2.09. The molecule has 148 valence electrons. The van der Waals surface area contributed by atoms with Crippen LogP contribution in [0.3, 0.4) is 0 Å². The molecule has 0 aliphatic carbocycles. The van der Waals surface area contributed by atoms with E-state index >= 15 is 0 Å². The first kappa shape index (κ1) is 21.1. The standard InChI is InChI=1S/C22H26N2O4/c1-15-5-6-16(2)22(17(15)3)28-12-11-27-20-13-18(7-8-19(20)26-4)14-24-21(25)9-10-23/h5-8,13H,9,11-12,14H2,1-4H3,(H,24,25). The van der Waals surface area contributed by atoms with Crippen LogP contribution in [0, 0.1) is 32.1 Å². The van der Waals surface area contributed by atoms with Gasteiger partial charge in [0, 0.05) is 6.54 Å². The van der Waals surface area contributed by atoms with Crippen molar-refractivity contribution < 1.29 is 19.0 Å². The van der Waals surface area contributed by atoms with E-state index in [-0.39, 0.29) is 12.3 Å². The molecular weight excluding hydrogens is 356 g/mol. The van der Waals surface area contributed by atoms with Gasteiger partial charge in [0.2, 0.25) is 5.91 Å². The molecule has 6 nitrogen and oxygen atoms in total. The number of hydrogen-bond donors (Lipinski definition) is 1. The number of ether oxygens (including phenoxy) is 3. The van der Waals surface area contributed by atoms with Gasteiger partial charge in [0.15, 0.2) is 11.5 Å². The lowest BCUT2D eigenvalue weighted by atomic mass is 10.1. The molecule has 0 saturated heterocycles. The van der Waals surface area contributed by atoms with Gasteiger partial charge in [0.1, 0.15) is 25.4 Å². The zero-order valence-corrected chi connectivity index (χ0v) is 16.8. The monoisotopic (exact) mass is 382 g/mol. The van der Waals surface area contributed by atoms with E-state index in [0.29, 0.717) is 31.3 Å². The number of nitrogens with one attached hydrogen (secondary N) is 1. The summed E-state index contributed by atoms with van der Waals surface area (Å²) in [5.41, 5.74) is 4.27. The summed E-state index contributed by atoms with van der Waals surface area (Å²) < 4.78 is 17.1. The van der Waals surface area contributed by atoms with E-state index in [1.807, 2.05) is 38.1 Å². The van der Waals surface area contributed by atoms with E-state index in [4.69, 9.17) is 19.5 Å². The van der Waals surface area contributed by atoms with Crippen LogP contribution in [0.4, 0.5) is 0 Å². The molecule has 0 atom stereocenters. The van der Waals surface area contributed by atoms with E-state index in [1.165, 1.54) is 5.56 Å². The average molecular weight is 382 g/mol. The summed E-state index contributed by atoms with van der Waals surface area (Å²) >= 11 is 0. The minimum Gasteiger partial charge on any atom is -0.493 e. The molecule has 28 heavy (non-hydrogen) atoms. The molecule has 0 aromatic heterocycles. The number of hydrogen-bond acceptors (Lipinski definition) is 5. The Hall–Kier alpha value is -3.20. The number of aryl methyl sites for hydroxylation is 2. The quantitative estimate of drug-likeness (QED) is 0.670. The smallest absolute Gasteiger partial charge is 0.234 e. The molecule has 0 unspecified atom stereocenters. The summed E-state index contributed by atoms with van der Waals surface area (Å²) in [6, 6.07) is 11.4. The van der Waals surface area contributed by atoms with Gasteiger partial charge in [-0.1, -0.05) is 18.2 Å². The van der Waals surface area contributed by atoms with Crippen molar-refractivity contribution in [3.05, 3.63) is 52.6 Å². The number of nitriles is 1. The largest absolute Gasteiger partial charge is 0.493 e. The van der Waals surface area contributed by atoms with Crippen LogP contribution in [0.5, 0.6) is 17.2 Å². The Labute approximate surface area is 166 Å². The van der Waals surface area contributed by atoms with Crippen LogP contribution in [0.1, 0.15) is 28.7 Å². The SMILES string of the molecule is COc1ccc(CNC(=O)CC#N)cc1OCCOc1c(C)ccc(C)c1C. The number of methoxy groups -OCH3 is 1. The Morgan fingerprint density at radius 3 is 2.46 bits per heavy atom. The number of amides is 1. The summed E-state index contributed by atoms with van der Waals surface area (Å²) in [6.45, 7) is 7.20. The number of nitrogens with zero attached hydrogens (tertiary/aromatic N) is 1. The van der Waals surface area contributed by atoms with Crippen molar-refractivity contribution in [2.45, 2.75) is 33.7 Å². The molecule has 0 heterocycles. The van der Waals surface area contributed by atoms with Crippen LogP contribution in [-0.4, -0.2) is 26.2 Å². The predicted molar refractivity (Wildman–Crippen MR) is 107 cm³/mol. The van der Waals surface area contributed by atoms with Crippen molar-refractivity contribution in [3.63, 3.8) is 0 Å².